The van der Waals surface area contributed by atoms with Gasteiger partial charge in [0.2, 0.25) is 5.91 Å². The van der Waals surface area contributed by atoms with Crippen LogP contribution in [-0.2, 0) is 4.79 Å². The summed E-state index contributed by atoms with van der Waals surface area (Å²) in [7, 11) is 1.76. The number of aliphatic imine (C=N–C) groups is 1. The van der Waals surface area contributed by atoms with Gasteiger partial charge in [0.25, 0.3) is 5.91 Å². The Morgan fingerprint density at radius 3 is 2.26 bits per heavy atom. The molecule has 2 amide bonds. The summed E-state index contributed by atoms with van der Waals surface area (Å²) in [6.07, 6.45) is 6.54. The third kappa shape index (κ3) is 5.64. The third-order valence-corrected chi connectivity index (χ3v) is 6.70. The summed E-state index contributed by atoms with van der Waals surface area (Å²) in [5.74, 6) is 0.982. The zero-order valence-electron chi connectivity index (χ0n) is 21.1. The quantitative estimate of drug-likeness (QED) is 0.581. The summed E-state index contributed by atoms with van der Waals surface area (Å²) in [6, 6.07) is 14.1. The molecule has 1 saturated heterocycles. The largest absolute Gasteiger partial charge is 0.343 e. The molecule has 1 fully saturated rings. The van der Waals surface area contributed by atoms with Gasteiger partial charge in [0.05, 0.1) is 0 Å². The first-order chi connectivity index (χ1) is 17.0. The van der Waals surface area contributed by atoms with Crippen molar-refractivity contribution in [3.05, 3.63) is 59.2 Å². The molecule has 0 spiro atoms. The molecule has 2 aromatic carbocycles. The summed E-state index contributed by atoms with van der Waals surface area (Å²) in [6.45, 7) is 7.43. The van der Waals surface area contributed by atoms with E-state index in [0.717, 1.165) is 91.2 Å². The number of nitrogens with one attached hydrogen (secondary N) is 1. The number of nitrogens with zero attached hydrogens (tertiary/aromatic N) is 3. The Hall–Kier alpha value is -3.41. The molecule has 4 rings (SSSR count). The summed E-state index contributed by atoms with van der Waals surface area (Å²) < 4.78 is 0. The standard InChI is InChI=1S/C29H36N4O2/c1-4-14-32(15-5-2)29(35)25-18-24-13-12-23(19-26(24)31-27(20-25)30-3)21-8-10-22(11-9-21)28(34)33-16-6-7-17-33/h8-13,18-19H,4-7,14-17,20H2,1-3H3,(H,30,31). The fraction of sp³-hybridized carbons (Fsp3) is 0.414. The van der Waals surface area contributed by atoms with Gasteiger partial charge in [0.1, 0.15) is 5.84 Å². The van der Waals surface area contributed by atoms with Gasteiger partial charge in [-0.2, -0.15) is 0 Å². The van der Waals surface area contributed by atoms with Crippen molar-refractivity contribution in [2.75, 3.05) is 38.5 Å². The Morgan fingerprint density at radius 2 is 1.63 bits per heavy atom. The molecule has 0 aromatic heterocycles. The van der Waals surface area contributed by atoms with Crippen LogP contribution in [0.2, 0.25) is 0 Å². The lowest BCUT2D eigenvalue weighted by molar-refractivity contribution is -0.127. The van der Waals surface area contributed by atoms with Crippen LogP contribution < -0.4 is 5.32 Å². The van der Waals surface area contributed by atoms with Crippen molar-refractivity contribution < 1.29 is 9.59 Å². The maximum absolute atomic E-state index is 13.3. The van der Waals surface area contributed by atoms with E-state index in [9.17, 15) is 9.59 Å². The molecule has 1 N–H and O–H groups in total. The molecule has 0 atom stereocenters. The van der Waals surface area contributed by atoms with Crippen molar-refractivity contribution in [2.45, 2.75) is 46.0 Å². The first-order valence-corrected chi connectivity index (χ1v) is 12.8. The lowest BCUT2D eigenvalue weighted by atomic mass is 10.00. The average Bonchev–Trinajstić information content (AvgIpc) is 3.36. The highest BCUT2D eigenvalue weighted by Gasteiger charge is 2.23. The highest BCUT2D eigenvalue weighted by Crippen LogP contribution is 2.31. The Kier molecular flexibility index (Phi) is 8.01. The van der Waals surface area contributed by atoms with Gasteiger partial charge in [-0.25, -0.2) is 0 Å². The van der Waals surface area contributed by atoms with Crippen molar-refractivity contribution in [3.63, 3.8) is 0 Å². The van der Waals surface area contributed by atoms with Gasteiger partial charge in [-0.3, -0.25) is 14.6 Å². The Balaban J connectivity index is 1.60. The molecular weight excluding hydrogens is 436 g/mol. The molecule has 2 aliphatic heterocycles. The molecule has 0 radical (unpaired) electrons. The Labute approximate surface area is 208 Å². The van der Waals surface area contributed by atoms with Gasteiger partial charge in [-0.15, -0.1) is 0 Å². The summed E-state index contributed by atoms with van der Waals surface area (Å²) >= 11 is 0. The monoisotopic (exact) mass is 472 g/mol. The Morgan fingerprint density at radius 1 is 0.971 bits per heavy atom. The molecule has 2 aromatic rings. The second-order valence-electron chi connectivity index (χ2n) is 9.31. The van der Waals surface area contributed by atoms with Crippen molar-refractivity contribution in [2.24, 2.45) is 4.99 Å². The first kappa shape index (κ1) is 24.7. The van der Waals surface area contributed by atoms with Crippen LogP contribution in [0.3, 0.4) is 0 Å². The second kappa shape index (κ2) is 11.3. The van der Waals surface area contributed by atoms with Gasteiger partial charge in [0.15, 0.2) is 0 Å². The molecule has 6 heteroatoms. The third-order valence-electron chi connectivity index (χ3n) is 6.70. The molecule has 6 nitrogen and oxygen atoms in total. The predicted molar refractivity (Wildman–Crippen MR) is 144 cm³/mol. The SMILES string of the molecule is CCCN(CCC)C(=O)C1=Cc2ccc(-c3ccc(C(=O)N4CCCC4)cc3)cc2NC(=NC)C1. The zero-order valence-corrected chi connectivity index (χ0v) is 21.1. The minimum Gasteiger partial charge on any atom is -0.343 e. The van der Waals surface area contributed by atoms with E-state index in [1.165, 1.54) is 0 Å². The average molecular weight is 473 g/mol. The van der Waals surface area contributed by atoms with Crippen LogP contribution in [0, 0.1) is 0 Å². The topological polar surface area (TPSA) is 65.0 Å². The number of anilines is 1. The van der Waals surface area contributed by atoms with Crippen LogP contribution in [0.1, 0.15) is 61.9 Å². The predicted octanol–water partition coefficient (Wildman–Crippen LogP) is 5.47. The normalized spacial score (nSPS) is 16.4. The van der Waals surface area contributed by atoms with Crippen LogP contribution >= 0.6 is 0 Å². The van der Waals surface area contributed by atoms with Crippen molar-refractivity contribution >= 4 is 29.4 Å². The van der Waals surface area contributed by atoms with Gasteiger partial charge in [-0.05, 0) is 66.6 Å². The molecule has 2 heterocycles. The highest BCUT2D eigenvalue weighted by atomic mass is 16.2. The maximum Gasteiger partial charge on any atom is 0.253 e. The second-order valence-corrected chi connectivity index (χ2v) is 9.31. The lowest BCUT2D eigenvalue weighted by Crippen LogP contribution is -2.34. The van der Waals surface area contributed by atoms with E-state index >= 15 is 0 Å². The van der Waals surface area contributed by atoms with Gasteiger partial charge in [-0.1, -0.05) is 38.1 Å². The Bertz CT molecular complexity index is 1120. The van der Waals surface area contributed by atoms with E-state index in [1.807, 2.05) is 40.1 Å². The summed E-state index contributed by atoms with van der Waals surface area (Å²) in [5, 5.41) is 3.44. The van der Waals surface area contributed by atoms with Crippen molar-refractivity contribution in [1.29, 1.82) is 0 Å². The maximum atomic E-state index is 13.3. The van der Waals surface area contributed by atoms with Crippen molar-refractivity contribution in [1.82, 2.24) is 9.80 Å². The highest BCUT2D eigenvalue weighted by molar-refractivity contribution is 6.10. The fourth-order valence-corrected chi connectivity index (χ4v) is 4.83. The molecule has 184 valence electrons. The molecule has 2 aliphatic rings. The number of carbonyl (C=O) groups excluding carboxylic acids is 2. The van der Waals surface area contributed by atoms with E-state index in [-0.39, 0.29) is 11.8 Å². The van der Waals surface area contributed by atoms with E-state index in [4.69, 9.17) is 0 Å². The molecule has 35 heavy (non-hydrogen) atoms. The number of amides is 2. The smallest absolute Gasteiger partial charge is 0.253 e. The summed E-state index contributed by atoms with van der Waals surface area (Å²) in [5.41, 5.74) is 5.50. The van der Waals surface area contributed by atoms with E-state index in [1.54, 1.807) is 7.05 Å². The fourth-order valence-electron chi connectivity index (χ4n) is 4.83. The van der Waals surface area contributed by atoms with Crippen LogP contribution in [0.15, 0.2) is 53.0 Å². The molecule has 0 bridgehead atoms. The van der Waals surface area contributed by atoms with E-state index in [2.05, 4.69) is 42.4 Å². The van der Waals surface area contributed by atoms with Crippen molar-refractivity contribution in [3.8, 4) is 11.1 Å². The number of rotatable bonds is 7. The van der Waals surface area contributed by atoms with Crippen LogP contribution in [0.4, 0.5) is 5.69 Å². The summed E-state index contributed by atoms with van der Waals surface area (Å²) in [4.78, 5) is 34.3. The number of hydrogen-bond donors (Lipinski definition) is 1. The minimum atomic E-state index is 0.0897. The number of amidine groups is 1. The number of fused-ring (bicyclic) bond motifs is 1. The number of hydrogen-bond acceptors (Lipinski definition) is 3. The number of benzene rings is 2. The molecule has 0 aliphatic carbocycles. The zero-order chi connectivity index (χ0) is 24.8. The van der Waals surface area contributed by atoms with Gasteiger partial charge in [0, 0.05) is 56.5 Å². The van der Waals surface area contributed by atoms with Gasteiger partial charge < -0.3 is 15.1 Å². The van der Waals surface area contributed by atoms with E-state index in [0.29, 0.717) is 6.42 Å². The lowest BCUT2D eigenvalue weighted by Gasteiger charge is -2.22. The van der Waals surface area contributed by atoms with Crippen LogP contribution in [-0.4, -0.2) is 60.7 Å². The molecule has 0 unspecified atom stereocenters. The molecule has 0 saturated carbocycles. The van der Waals surface area contributed by atoms with Gasteiger partial charge >= 0.3 is 0 Å². The molecular formula is C29H36N4O2. The number of likely N-dealkylation sites (tertiary alicyclic amines) is 1. The first-order valence-electron chi connectivity index (χ1n) is 12.8. The van der Waals surface area contributed by atoms with Crippen LogP contribution in [0.5, 0.6) is 0 Å². The van der Waals surface area contributed by atoms with E-state index < -0.39 is 0 Å². The van der Waals surface area contributed by atoms with Crippen LogP contribution in [0.25, 0.3) is 17.2 Å². The minimum absolute atomic E-state index is 0.0897. The number of carbonyl (C=O) groups is 2.